The second kappa shape index (κ2) is 5.48. The molecule has 1 aliphatic carbocycles. The van der Waals surface area contributed by atoms with Gasteiger partial charge in [0.25, 0.3) is 5.91 Å². The van der Waals surface area contributed by atoms with E-state index in [-0.39, 0.29) is 0 Å². The number of aromatic nitrogens is 1. The van der Waals surface area contributed by atoms with Gasteiger partial charge in [-0.1, -0.05) is 15.9 Å². The average molecular weight is 347 g/mol. The first-order valence-corrected chi connectivity index (χ1v) is 7.60. The molecule has 0 atom stereocenters. The van der Waals surface area contributed by atoms with E-state index < -0.39 is 5.91 Å². The van der Waals surface area contributed by atoms with Crippen molar-refractivity contribution in [3.05, 3.63) is 51.1 Å². The first-order chi connectivity index (χ1) is 10.0. The van der Waals surface area contributed by atoms with E-state index in [2.05, 4.69) is 20.9 Å². The highest BCUT2D eigenvalue weighted by molar-refractivity contribution is 9.10. The number of fused-ring (bicyclic) bond motifs is 1. The van der Waals surface area contributed by atoms with Crippen molar-refractivity contribution >= 4 is 21.8 Å². The Morgan fingerprint density at radius 1 is 1.33 bits per heavy atom. The maximum Gasteiger partial charge on any atom is 0.254 e. The van der Waals surface area contributed by atoms with Crippen LogP contribution in [0.2, 0.25) is 0 Å². The Balaban J connectivity index is 2.01. The van der Waals surface area contributed by atoms with E-state index >= 15 is 0 Å². The minimum atomic E-state index is -0.513. The van der Waals surface area contributed by atoms with Crippen molar-refractivity contribution in [2.75, 3.05) is 0 Å². The second-order valence-electron chi connectivity index (χ2n) is 5.18. The minimum absolute atomic E-state index is 0.296. The zero-order valence-electron chi connectivity index (χ0n) is 11.6. The van der Waals surface area contributed by atoms with Crippen molar-refractivity contribution in [2.24, 2.45) is 5.73 Å². The van der Waals surface area contributed by atoms with E-state index in [1.165, 1.54) is 0 Å². The number of nitrogens with two attached hydrogens (primary N) is 1. The van der Waals surface area contributed by atoms with Crippen LogP contribution in [-0.2, 0) is 12.8 Å². The first kappa shape index (κ1) is 14.1. The van der Waals surface area contributed by atoms with Crippen LogP contribution in [0.4, 0.5) is 0 Å². The first-order valence-electron chi connectivity index (χ1n) is 6.81. The zero-order chi connectivity index (χ0) is 15.0. The Kier molecular flexibility index (Phi) is 3.68. The molecule has 1 amide bonds. The average Bonchev–Trinajstić information content (AvgIpc) is 2.89. The molecule has 0 bridgehead atoms. The molecule has 0 aliphatic heterocycles. The maximum atomic E-state index is 11.6. The zero-order valence-corrected chi connectivity index (χ0v) is 13.2. The van der Waals surface area contributed by atoms with E-state index in [1.54, 1.807) is 0 Å². The van der Waals surface area contributed by atoms with Crippen molar-refractivity contribution in [2.45, 2.75) is 26.2 Å². The summed E-state index contributed by atoms with van der Waals surface area (Å²) >= 11 is 3.45. The number of carbonyl (C=O) groups excluding carboxylic acids is 1. The summed E-state index contributed by atoms with van der Waals surface area (Å²) in [5.74, 6) is 0.426. The van der Waals surface area contributed by atoms with Gasteiger partial charge in [-0.15, -0.1) is 0 Å². The van der Waals surface area contributed by atoms with Gasteiger partial charge in [0.05, 0.1) is 0 Å². The number of amides is 1. The lowest BCUT2D eigenvalue weighted by Gasteiger charge is -2.11. The van der Waals surface area contributed by atoms with Crippen LogP contribution in [0, 0.1) is 6.92 Å². The Morgan fingerprint density at radius 3 is 2.86 bits per heavy atom. The predicted octanol–water partition coefficient (Wildman–Crippen LogP) is 3.53. The van der Waals surface area contributed by atoms with Crippen molar-refractivity contribution < 1.29 is 9.53 Å². The van der Waals surface area contributed by atoms with E-state index in [0.717, 1.165) is 40.6 Å². The molecule has 5 heteroatoms. The van der Waals surface area contributed by atoms with Crippen LogP contribution in [0.1, 0.15) is 33.6 Å². The summed E-state index contributed by atoms with van der Waals surface area (Å²) in [6.07, 6.45) is 2.92. The van der Waals surface area contributed by atoms with Gasteiger partial charge in [-0.2, -0.15) is 0 Å². The molecule has 0 spiro atoms. The molecular formula is C16H15BrN2O2. The summed E-state index contributed by atoms with van der Waals surface area (Å²) in [7, 11) is 0. The number of primary amides is 1. The fourth-order valence-corrected chi connectivity index (χ4v) is 2.75. The number of hydrogen-bond donors (Lipinski definition) is 1. The number of aryl methyl sites for hydroxylation is 3. The van der Waals surface area contributed by atoms with Gasteiger partial charge < -0.3 is 10.5 Å². The number of halogens is 1. The smallest absolute Gasteiger partial charge is 0.254 e. The predicted molar refractivity (Wildman–Crippen MR) is 83.7 cm³/mol. The molecule has 0 saturated carbocycles. The van der Waals surface area contributed by atoms with Gasteiger partial charge in [0.2, 0.25) is 5.88 Å². The fraction of sp³-hybridized carbons (Fsp3) is 0.250. The van der Waals surface area contributed by atoms with Crippen molar-refractivity contribution in [3.63, 3.8) is 0 Å². The summed E-state index contributed by atoms with van der Waals surface area (Å²) in [5.41, 5.74) is 8.95. The molecule has 21 heavy (non-hydrogen) atoms. The summed E-state index contributed by atoms with van der Waals surface area (Å²) in [6, 6.07) is 7.45. The lowest BCUT2D eigenvalue weighted by atomic mass is 10.1. The quantitative estimate of drug-likeness (QED) is 0.924. The Hall–Kier alpha value is -1.88. The lowest BCUT2D eigenvalue weighted by molar-refractivity contribution is 0.0997. The van der Waals surface area contributed by atoms with Crippen LogP contribution in [0.5, 0.6) is 11.6 Å². The highest BCUT2D eigenvalue weighted by atomic mass is 79.9. The number of ether oxygens (including phenoxy) is 1. The van der Waals surface area contributed by atoms with Gasteiger partial charge in [0, 0.05) is 10.2 Å². The van der Waals surface area contributed by atoms with Crippen LogP contribution < -0.4 is 10.5 Å². The summed E-state index contributed by atoms with van der Waals surface area (Å²) in [6.45, 7) is 1.97. The molecular weight excluding hydrogens is 332 g/mol. The van der Waals surface area contributed by atoms with Crippen molar-refractivity contribution in [1.29, 1.82) is 0 Å². The molecule has 0 fully saturated rings. The number of benzene rings is 1. The second-order valence-corrected chi connectivity index (χ2v) is 6.03. The van der Waals surface area contributed by atoms with Crippen LogP contribution in [0.15, 0.2) is 28.7 Å². The molecule has 1 heterocycles. The third-order valence-electron chi connectivity index (χ3n) is 3.63. The molecule has 1 aromatic carbocycles. The number of rotatable bonds is 3. The SMILES string of the molecule is Cc1cc(Oc2nc3c(cc2C(N)=O)CCC3)ccc1Br. The third kappa shape index (κ3) is 2.78. The van der Waals surface area contributed by atoms with Gasteiger partial charge in [-0.25, -0.2) is 4.98 Å². The molecule has 0 saturated heterocycles. The normalized spacial score (nSPS) is 13.0. The van der Waals surface area contributed by atoms with E-state index in [0.29, 0.717) is 17.2 Å². The van der Waals surface area contributed by atoms with Crippen LogP contribution >= 0.6 is 15.9 Å². The third-order valence-corrected chi connectivity index (χ3v) is 4.51. The van der Waals surface area contributed by atoms with Crippen molar-refractivity contribution in [1.82, 2.24) is 4.98 Å². The highest BCUT2D eigenvalue weighted by Crippen LogP contribution is 2.31. The number of carbonyl (C=O) groups is 1. The van der Waals surface area contributed by atoms with Gasteiger partial charge in [-0.05, 0) is 61.6 Å². The molecule has 1 aliphatic rings. The molecule has 3 rings (SSSR count). The Bertz CT molecular complexity index is 728. The van der Waals surface area contributed by atoms with E-state index in [4.69, 9.17) is 10.5 Å². The minimum Gasteiger partial charge on any atom is -0.438 e. The van der Waals surface area contributed by atoms with E-state index in [9.17, 15) is 4.79 Å². The van der Waals surface area contributed by atoms with Gasteiger partial charge in [0.1, 0.15) is 11.3 Å². The van der Waals surface area contributed by atoms with Gasteiger partial charge >= 0.3 is 0 Å². The van der Waals surface area contributed by atoms with Crippen LogP contribution in [-0.4, -0.2) is 10.9 Å². The fourth-order valence-electron chi connectivity index (χ4n) is 2.50. The number of hydrogen-bond acceptors (Lipinski definition) is 3. The highest BCUT2D eigenvalue weighted by Gasteiger charge is 2.20. The monoisotopic (exact) mass is 346 g/mol. The summed E-state index contributed by atoms with van der Waals surface area (Å²) in [5, 5.41) is 0. The molecule has 4 nitrogen and oxygen atoms in total. The molecule has 0 unspecified atom stereocenters. The summed E-state index contributed by atoms with van der Waals surface area (Å²) in [4.78, 5) is 16.1. The van der Waals surface area contributed by atoms with E-state index in [1.807, 2.05) is 31.2 Å². The topological polar surface area (TPSA) is 65.2 Å². The molecule has 108 valence electrons. The largest absolute Gasteiger partial charge is 0.438 e. The van der Waals surface area contributed by atoms with Crippen LogP contribution in [0.25, 0.3) is 0 Å². The molecule has 0 radical (unpaired) electrons. The van der Waals surface area contributed by atoms with Gasteiger partial charge in [0.15, 0.2) is 0 Å². The molecule has 2 N–H and O–H groups in total. The Morgan fingerprint density at radius 2 is 2.14 bits per heavy atom. The number of pyridine rings is 1. The van der Waals surface area contributed by atoms with Crippen LogP contribution in [0.3, 0.4) is 0 Å². The molecule has 2 aromatic rings. The van der Waals surface area contributed by atoms with Gasteiger partial charge in [-0.3, -0.25) is 4.79 Å². The van der Waals surface area contributed by atoms with Crippen molar-refractivity contribution in [3.8, 4) is 11.6 Å². The Labute approximate surface area is 131 Å². The standard InChI is InChI=1S/C16H15BrN2O2/c1-9-7-11(5-6-13(9)17)21-16-12(15(18)20)8-10-3-2-4-14(10)19-16/h5-8H,2-4H2,1H3,(H2,18,20). The summed E-state index contributed by atoms with van der Waals surface area (Å²) < 4.78 is 6.81. The lowest BCUT2D eigenvalue weighted by Crippen LogP contribution is -2.14. The maximum absolute atomic E-state index is 11.6. The number of nitrogens with zero attached hydrogens (tertiary/aromatic N) is 1. The molecule has 1 aromatic heterocycles.